The molecule has 2 saturated heterocycles. The number of rotatable bonds is 5. The highest BCUT2D eigenvalue weighted by molar-refractivity contribution is 7.89. The molecule has 1 aromatic carbocycles. The number of pyridine rings is 1. The highest BCUT2D eigenvalue weighted by Crippen LogP contribution is 2.27. The molecular weight excluding hydrogens is 460 g/mol. The number of halogens is 1. The van der Waals surface area contributed by atoms with Gasteiger partial charge >= 0.3 is 0 Å². The molecule has 2 aliphatic heterocycles. The first-order valence-corrected chi connectivity index (χ1v) is 13.3. The van der Waals surface area contributed by atoms with Crippen LogP contribution in [0.2, 0.25) is 5.02 Å². The zero-order valence-corrected chi connectivity index (χ0v) is 20.7. The lowest BCUT2D eigenvalue weighted by Gasteiger charge is -2.38. The van der Waals surface area contributed by atoms with Crippen LogP contribution in [0.25, 0.3) is 0 Å². The third kappa shape index (κ3) is 5.34. The molecular formula is C24H31ClN4O3S. The fraction of sp³-hybridized carbons (Fsp3) is 0.500. The van der Waals surface area contributed by atoms with Gasteiger partial charge < -0.3 is 9.80 Å². The average molecular weight is 491 g/mol. The Morgan fingerprint density at radius 1 is 0.970 bits per heavy atom. The molecule has 7 nitrogen and oxygen atoms in total. The van der Waals surface area contributed by atoms with Crippen LogP contribution in [0.5, 0.6) is 0 Å². The van der Waals surface area contributed by atoms with Gasteiger partial charge in [-0.25, -0.2) is 13.4 Å². The summed E-state index contributed by atoms with van der Waals surface area (Å²) < 4.78 is 27.6. The van der Waals surface area contributed by atoms with Crippen LogP contribution in [0.15, 0.2) is 47.5 Å². The second-order valence-electron chi connectivity index (χ2n) is 9.05. The molecule has 1 aromatic heterocycles. The summed E-state index contributed by atoms with van der Waals surface area (Å²) >= 11 is 5.92. The van der Waals surface area contributed by atoms with Gasteiger partial charge in [-0.05, 0) is 48.6 Å². The van der Waals surface area contributed by atoms with Gasteiger partial charge in [0.25, 0.3) is 0 Å². The van der Waals surface area contributed by atoms with E-state index in [-0.39, 0.29) is 11.8 Å². The summed E-state index contributed by atoms with van der Waals surface area (Å²) in [5.41, 5.74) is 1.12. The summed E-state index contributed by atoms with van der Waals surface area (Å²) in [5, 5.41) is 0.605. The van der Waals surface area contributed by atoms with Gasteiger partial charge in [-0.3, -0.25) is 4.79 Å². The standard InChI is InChI=1S/C24H31ClN4O3S/c1-18(2)19-3-6-22(7-4-19)33(31,32)29-11-9-20(10-12-29)24(30)28-15-13-27(14-16-28)23-8-5-21(25)17-26-23/h3-8,17-18,20H,9-16H2,1-2H3. The number of carbonyl (C=O) groups is 1. The quantitative estimate of drug-likeness (QED) is 0.640. The first-order chi connectivity index (χ1) is 15.8. The van der Waals surface area contributed by atoms with Crippen molar-refractivity contribution >= 4 is 33.3 Å². The number of amides is 1. The predicted molar refractivity (Wildman–Crippen MR) is 130 cm³/mol. The molecule has 0 saturated carbocycles. The number of nitrogens with zero attached hydrogens (tertiary/aromatic N) is 4. The summed E-state index contributed by atoms with van der Waals surface area (Å²) in [5.74, 6) is 1.23. The van der Waals surface area contributed by atoms with E-state index in [4.69, 9.17) is 11.6 Å². The molecule has 2 fully saturated rings. The maximum Gasteiger partial charge on any atom is 0.243 e. The number of piperazine rings is 1. The van der Waals surface area contributed by atoms with E-state index >= 15 is 0 Å². The minimum Gasteiger partial charge on any atom is -0.353 e. The summed E-state index contributed by atoms with van der Waals surface area (Å²) in [6.07, 6.45) is 2.75. The van der Waals surface area contributed by atoms with E-state index in [9.17, 15) is 13.2 Å². The molecule has 0 bridgehead atoms. The molecule has 2 aliphatic rings. The average Bonchev–Trinajstić information content (AvgIpc) is 2.84. The molecule has 3 heterocycles. The number of hydrogen-bond acceptors (Lipinski definition) is 5. The molecule has 0 aliphatic carbocycles. The van der Waals surface area contributed by atoms with E-state index in [2.05, 4.69) is 23.7 Å². The van der Waals surface area contributed by atoms with Crippen molar-refractivity contribution in [3.8, 4) is 0 Å². The van der Waals surface area contributed by atoms with E-state index in [1.165, 1.54) is 4.31 Å². The highest BCUT2D eigenvalue weighted by atomic mass is 35.5. The van der Waals surface area contributed by atoms with Crippen molar-refractivity contribution in [1.29, 1.82) is 0 Å². The first-order valence-electron chi connectivity index (χ1n) is 11.5. The van der Waals surface area contributed by atoms with Crippen molar-refractivity contribution in [2.75, 3.05) is 44.2 Å². The molecule has 2 aromatic rings. The smallest absolute Gasteiger partial charge is 0.243 e. The molecule has 1 amide bonds. The maximum atomic E-state index is 13.1. The monoisotopic (exact) mass is 490 g/mol. The number of anilines is 1. The normalized spacial score (nSPS) is 18.7. The van der Waals surface area contributed by atoms with Crippen LogP contribution in [0, 0.1) is 5.92 Å². The summed E-state index contributed by atoms with van der Waals surface area (Å²) in [7, 11) is -3.53. The second-order valence-corrected chi connectivity index (χ2v) is 11.4. The van der Waals surface area contributed by atoms with Gasteiger partial charge in [-0.1, -0.05) is 37.6 Å². The third-order valence-electron chi connectivity index (χ3n) is 6.61. The first kappa shape index (κ1) is 24.0. The number of piperidine rings is 1. The van der Waals surface area contributed by atoms with Crippen LogP contribution >= 0.6 is 11.6 Å². The minimum absolute atomic E-state index is 0.125. The summed E-state index contributed by atoms with van der Waals surface area (Å²) in [4.78, 5) is 21.8. The number of sulfonamides is 1. The number of hydrogen-bond donors (Lipinski definition) is 0. The van der Waals surface area contributed by atoms with Crippen molar-refractivity contribution in [2.45, 2.75) is 37.5 Å². The SMILES string of the molecule is CC(C)c1ccc(S(=O)(=O)N2CCC(C(=O)N3CCN(c4ccc(Cl)cn4)CC3)CC2)cc1. The van der Waals surface area contributed by atoms with E-state index in [0.717, 1.165) is 24.5 Å². The van der Waals surface area contributed by atoms with Gasteiger partial charge in [0.05, 0.1) is 9.92 Å². The topological polar surface area (TPSA) is 73.8 Å². The Kier molecular flexibility index (Phi) is 7.26. The molecule has 0 radical (unpaired) electrons. The van der Waals surface area contributed by atoms with Crippen LogP contribution in [-0.2, 0) is 14.8 Å². The Labute approximate surface area is 201 Å². The zero-order valence-electron chi connectivity index (χ0n) is 19.2. The number of benzene rings is 1. The van der Waals surface area contributed by atoms with E-state index < -0.39 is 10.0 Å². The molecule has 0 unspecified atom stereocenters. The van der Waals surface area contributed by atoms with Gasteiger partial charge in [0.2, 0.25) is 15.9 Å². The van der Waals surface area contributed by atoms with Crippen LogP contribution in [0.3, 0.4) is 0 Å². The van der Waals surface area contributed by atoms with E-state index in [0.29, 0.717) is 54.9 Å². The molecule has 33 heavy (non-hydrogen) atoms. The second kappa shape index (κ2) is 9.99. The molecule has 9 heteroatoms. The molecule has 4 rings (SSSR count). The Balaban J connectivity index is 1.30. The van der Waals surface area contributed by atoms with Crippen LogP contribution in [-0.4, -0.2) is 67.8 Å². The van der Waals surface area contributed by atoms with Crippen LogP contribution in [0.1, 0.15) is 38.2 Å². The molecule has 0 spiro atoms. The summed E-state index contributed by atoms with van der Waals surface area (Å²) in [6, 6.07) is 10.9. The van der Waals surface area contributed by atoms with Crippen molar-refractivity contribution in [1.82, 2.24) is 14.2 Å². The van der Waals surface area contributed by atoms with Gasteiger partial charge in [0, 0.05) is 51.4 Å². The fourth-order valence-electron chi connectivity index (χ4n) is 4.49. The van der Waals surface area contributed by atoms with Crippen molar-refractivity contribution < 1.29 is 13.2 Å². The maximum absolute atomic E-state index is 13.1. The minimum atomic E-state index is -3.53. The number of carbonyl (C=O) groups excluding carboxylic acids is 1. The zero-order chi connectivity index (χ0) is 23.6. The summed E-state index contributed by atoms with van der Waals surface area (Å²) in [6.45, 7) is 7.64. The molecule has 0 N–H and O–H groups in total. The van der Waals surface area contributed by atoms with Crippen molar-refractivity contribution in [3.63, 3.8) is 0 Å². The van der Waals surface area contributed by atoms with Gasteiger partial charge in [-0.15, -0.1) is 0 Å². The lowest BCUT2D eigenvalue weighted by atomic mass is 9.96. The van der Waals surface area contributed by atoms with Gasteiger partial charge in [0.1, 0.15) is 5.82 Å². The van der Waals surface area contributed by atoms with Gasteiger partial charge in [0.15, 0.2) is 0 Å². The van der Waals surface area contributed by atoms with Crippen LogP contribution in [0.4, 0.5) is 5.82 Å². The lowest BCUT2D eigenvalue weighted by molar-refractivity contribution is -0.137. The third-order valence-corrected chi connectivity index (χ3v) is 8.75. The van der Waals surface area contributed by atoms with Crippen molar-refractivity contribution in [3.05, 3.63) is 53.2 Å². The Morgan fingerprint density at radius 2 is 1.61 bits per heavy atom. The van der Waals surface area contributed by atoms with Crippen LogP contribution < -0.4 is 4.90 Å². The molecule has 178 valence electrons. The van der Waals surface area contributed by atoms with Gasteiger partial charge in [-0.2, -0.15) is 4.31 Å². The largest absolute Gasteiger partial charge is 0.353 e. The fourth-order valence-corrected chi connectivity index (χ4v) is 6.07. The highest BCUT2D eigenvalue weighted by Gasteiger charge is 2.34. The van der Waals surface area contributed by atoms with E-state index in [1.807, 2.05) is 29.2 Å². The van der Waals surface area contributed by atoms with E-state index in [1.54, 1.807) is 18.3 Å². The van der Waals surface area contributed by atoms with Crippen molar-refractivity contribution in [2.24, 2.45) is 5.92 Å². The lowest BCUT2D eigenvalue weighted by Crippen LogP contribution is -2.52. The predicted octanol–water partition coefficient (Wildman–Crippen LogP) is 3.61. The Bertz CT molecular complexity index is 1060. The number of aromatic nitrogens is 1. The Morgan fingerprint density at radius 3 is 2.15 bits per heavy atom. The Hall–Kier alpha value is -2.16. The molecule has 0 atom stereocenters.